The molecule has 1 aromatic carbocycles. The van der Waals surface area contributed by atoms with Crippen LogP contribution in [-0.2, 0) is 24.1 Å². The number of methoxy groups -OCH3 is 1. The molecular weight excluding hydrogens is 447 g/mol. The van der Waals surface area contributed by atoms with Crippen LogP contribution in [0.1, 0.15) is 32.8 Å². The van der Waals surface area contributed by atoms with Crippen molar-refractivity contribution in [2.24, 2.45) is 0 Å². The van der Waals surface area contributed by atoms with Gasteiger partial charge in [-0.1, -0.05) is 17.7 Å². The number of nitrogens with zero attached hydrogens (tertiary/aromatic N) is 2. The third kappa shape index (κ3) is 4.19. The summed E-state index contributed by atoms with van der Waals surface area (Å²) >= 11 is 13.0. The number of carbonyl (C=O) groups is 1. The van der Waals surface area contributed by atoms with E-state index in [1.807, 2.05) is 0 Å². The summed E-state index contributed by atoms with van der Waals surface area (Å²) in [5.41, 5.74) is 2.60. The van der Waals surface area contributed by atoms with Crippen LogP contribution < -0.4 is 10.6 Å². The molecule has 0 fully saturated rings. The predicted molar refractivity (Wildman–Crippen MR) is 120 cm³/mol. The molecule has 0 aliphatic heterocycles. The first-order valence-corrected chi connectivity index (χ1v) is 10.8. The average Bonchev–Trinajstić information content (AvgIpc) is 3.40. The van der Waals surface area contributed by atoms with Crippen LogP contribution in [0.5, 0.6) is 0 Å². The van der Waals surface area contributed by atoms with E-state index in [9.17, 15) is 9.18 Å². The third-order valence-electron chi connectivity index (χ3n) is 4.81. The van der Waals surface area contributed by atoms with E-state index in [2.05, 4.69) is 15.7 Å². The van der Waals surface area contributed by atoms with E-state index in [1.54, 1.807) is 29.2 Å². The monoisotopic (exact) mass is 464 g/mol. The predicted octanol–water partition coefficient (Wildman–Crippen LogP) is 4.87. The minimum atomic E-state index is -0.384. The molecule has 2 heterocycles. The molecule has 0 radical (unpaired) electrons. The highest BCUT2D eigenvalue weighted by atomic mass is 35.5. The number of ether oxygens (including phenoxy) is 1. The lowest BCUT2D eigenvalue weighted by atomic mass is 10.1. The molecule has 1 aliphatic carbocycles. The number of carbonyl (C=O) groups excluding carboxylic acids is 1. The van der Waals surface area contributed by atoms with Crippen molar-refractivity contribution >= 4 is 56.9 Å². The number of hydrogen-bond donors (Lipinski definition) is 2. The summed E-state index contributed by atoms with van der Waals surface area (Å²) in [6.45, 7) is 0.192. The molecule has 0 atom stereocenters. The molecule has 0 spiro atoms. The molecule has 30 heavy (non-hydrogen) atoms. The molecule has 4 rings (SSSR count). The van der Waals surface area contributed by atoms with Crippen LogP contribution >= 0.6 is 35.2 Å². The van der Waals surface area contributed by atoms with E-state index in [-0.39, 0.29) is 18.3 Å². The normalized spacial score (nSPS) is 12.5. The van der Waals surface area contributed by atoms with Crippen LogP contribution in [0.25, 0.3) is 0 Å². The van der Waals surface area contributed by atoms with Gasteiger partial charge in [0.1, 0.15) is 10.8 Å². The fraction of sp³-hybridized carbons (Fsp3) is 0.250. The van der Waals surface area contributed by atoms with Crippen LogP contribution in [-0.4, -0.2) is 28.0 Å². The van der Waals surface area contributed by atoms with Gasteiger partial charge >= 0.3 is 5.97 Å². The molecule has 1 aliphatic rings. The Hall–Kier alpha value is -2.49. The van der Waals surface area contributed by atoms with Crippen LogP contribution in [0.3, 0.4) is 0 Å². The van der Waals surface area contributed by atoms with Crippen LogP contribution in [0.2, 0.25) is 5.02 Å². The Labute approximate surface area is 187 Å². The highest BCUT2D eigenvalue weighted by Crippen LogP contribution is 2.39. The van der Waals surface area contributed by atoms with Gasteiger partial charge in [0.25, 0.3) is 0 Å². The summed E-state index contributed by atoms with van der Waals surface area (Å²) in [5, 5.41) is 11.7. The van der Waals surface area contributed by atoms with Gasteiger partial charge in [-0.2, -0.15) is 5.10 Å². The third-order valence-corrected chi connectivity index (χ3v) is 6.58. The van der Waals surface area contributed by atoms with Crippen LogP contribution in [0.4, 0.5) is 15.1 Å². The molecule has 156 valence electrons. The molecule has 2 N–H and O–H groups in total. The Morgan fingerprint density at radius 3 is 3.00 bits per heavy atom. The quantitative estimate of drug-likeness (QED) is 0.415. The second-order valence-electron chi connectivity index (χ2n) is 6.76. The first-order chi connectivity index (χ1) is 14.5. The van der Waals surface area contributed by atoms with Crippen molar-refractivity contribution in [3.05, 3.63) is 63.0 Å². The van der Waals surface area contributed by atoms with Crippen molar-refractivity contribution in [2.45, 2.75) is 25.8 Å². The second kappa shape index (κ2) is 8.71. The van der Waals surface area contributed by atoms with E-state index < -0.39 is 0 Å². The zero-order chi connectivity index (χ0) is 21.3. The molecule has 0 bridgehead atoms. The molecule has 0 saturated heterocycles. The van der Waals surface area contributed by atoms with E-state index in [0.717, 1.165) is 24.8 Å². The number of hydrogen-bond acceptors (Lipinski definition) is 5. The second-order valence-corrected chi connectivity index (χ2v) is 8.68. The first kappa shape index (κ1) is 20.8. The summed E-state index contributed by atoms with van der Waals surface area (Å²) < 4.78 is 20.5. The Bertz CT molecular complexity index is 1110. The Morgan fingerprint density at radius 2 is 2.23 bits per heavy atom. The maximum atomic E-state index is 14.0. The number of thiophene rings is 1. The zero-order valence-electron chi connectivity index (χ0n) is 16.0. The number of aryl methyl sites for hydroxylation is 1. The highest BCUT2D eigenvalue weighted by molar-refractivity contribution is 7.80. The number of rotatable bonds is 5. The number of aromatic nitrogens is 2. The van der Waals surface area contributed by atoms with E-state index in [0.29, 0.717) is 32.0 Å². The smallest absolute Gasteiger partial charge is 0.341 e. The zero-order valence-corrected chi connectivity index (χ0v) is 18.4. The molecule has 0 unspecified atom stereocenters. The van der Waals surface area contributed by atoms with Crippen molar-refractivity contribution in [1.29, 1.82) is 0 Å². The number of esters is 1. The molecule has 6 nitrogen and oxygen atoms in total. The fourth-order valence-corrected chi connectivity index (χ4v) is 5.22. The van der Waals surface area contributed by atoms with Crippen molar-refractivity contribution in [3.8, 4) is 0 Å². The van der Waals surface area contributed by atoms with Gasteiger partial charge in [0.05, 0.1) is 31.1 Å². The van der Waals surface area contributed by atoms with Gasteiger partial charge in [-0.25, -0.2) is 9.18 Å². The van der Waals surface area contributed by atoms with Crippen molar-refractivity contribution in [2.75, 3.05) is 17.7 Å². The van der Waals surface area contributed by atoms with Gasteiger partial charge < -0.3 is 15.4 Å². The minimum Gasteiger partial charge on any atom is -0.465 e. The summed E-state index contributed by atoms with van der Waals surface area (Å²) in [5.74, 6) is -0.750. The summed E-state index contributed by atoms with van der Waals surface area (Å²) in [7, 11) is 1.37. The average molecular weight is 465 g/mol. The highest BCUT2D eigenvalue weighted by Gasteiger charge is 2.27. The molecule has 2 aromatic heterocycles. The van der Waals surface area contributed by atoms with E-state index >= 15 is 0 Å². The minimum absolute atomic E-state index is 0.192. The number of halogens is 2. The summed E-state index contributed by atoms with van der Waals surface area (Å²) in [6.07, 6.45) is 6.14. The number of benzene rings is 1. The molecule has 10 heteroatoms. The van der Waals surface area contributed by atoms with Gasteiger partial charge in [0.15, 0.2) is 5.11 Å². The standard InChI is InChI=1S/C20H18ClFN4O2S2/c1-28-19(27)17-12-4-2-7-16(12)30-18(17)25-20(29)24-11-8-23-26(9-11)10-13-14(21)5-3-6-15(13)22/h3,5-6,8-9H,2,4,7,10H2,1H3,(H2,24,25,29). The summed E-state index contributed by atoms with van der Waals surface area (Å²) in [6, 6.07) is 4.56. The van der Waals surface area contributed by atoms with Gasteiger partial charge in [0.2, 0.25) is 0 Å². The van der Waals surface area contributed by atoms with Gasteiger partial charge in [0, 0.05) is 21.7 Å². The SMILES string of the molecule is COC(=O)c1c(NC(=S)Nc2cnn(Cc3c(F)cccc3Cl)c2)sc2c1CCC2. The van der Waals surface area contributed by atoms with E-state index in [1.165, 1.54) is 29.4 Å². The lowest BCUT2D eigenvalue weighted by Gasteiger charge is -2.10. The van der Waals surface area contributed by atoms with Crippen molar-refractivity contribution < 1.29 is 13.9 Å². The molecule has 0 amide bonds. The number of nitrogens with one attached hydrogen (secondary N) is 2. The van der Waals surface area contributed by atoms with Crippen molar-refractivity contribution in [3.63, 3.8) is 0 Å². The molecule has 0 saturated carbocycles. The summed E-state index contributed by atoms with van der Waals surface area (Å²) in [4.78, 5) is 13.4. The lowest BCUT2D eigenvalue weighted by molar-refractivity contribution is 0.0601. The topological polar surface area (TPSA) is 68.2 Å². The van der Waals surface area contributed by atoms with Crippen LogP contribution in [0.15, 0.2) is 30.6 Å². The maximum Gasteiger partial charge on any atom is 0.341 e. The largest absolute Gasteiger partial charge is 0.465 e. The lowest BCUT2D eigenvalue weighted by Crippen LogP contribution is -2.20. The maximum absolute atomic E-state index is 14.0. The van der Waals surface area contributed by atoms with Crippen molar-refractivity contribution in [1.82, 2.24) is 9.78 Å². The van der Waals surface area contributed by atoms with E-state index in [4.69, 9.17) is 28.6 Å². The molecular formula is C20H18ClFN4O2S2. The Balaban J connectivity index is 1.45. The Kier molecular flexibility index (Phi) is 6.03. The first-order valence-electron chi connectivity index (χ1n) is 9.22. The number of fused-ring (bicyclic) bond motifs is 1. The Morgan fingerprint density at radius 1 is 1.40 bits per heavy atom. The van der Waals surface area contributed by atoms with Gasteiger partial charge in [-0.3, -0.25) is 4.68 Å². The number of thiocarbonyl (C=S) groups is 1. The fourth-order valence-electron chi connectivity index (χ4n) is 3.44. The number of anilines is 2. The molecule has 3 aromatic rings. The van der Waals surface area contributed by atoms with Gasteiger partial charge in [-0.15, -0.1) is 11.3 Å². The van der Waals surface area contributed by atoms with Crippen LogP contribution in [0, 0.1) is 5.82 Å². The van der Waals surface area contributed by atoms with Gasteiger partial charge in [-0.05, 0) is 49.2 Å².